The molecule has 0 saturated carbocycles. The Hall–Kier alpha value is -1.14. The monoisotopic (exact) mass is 178 g/mol. The molecular formula is C6H10O6. The van der Waals surface area contributed by atoms with Gasteiger partial charge in [-0.1, -0.05) is 6.92 Å². The number of aliphatic carboxylic acids is 2. The summed E-state index contributed by atoms with van der Waals surface area (Å²) >= 11 is 0. The van der Waals surface area contributed by atoms with Crippen molar-refractivity contribution in [2.75, 3.05) is 0 Å². The van der Waals surface area contributed by atoms with Gasteiger partial charge in [-0.05, 0) is 6.42 Å². The summed E-state index contributed by atoms with van der Waals surface area (Å²) in [7, 11) is 0. The van der Waals surface area contributed by atoms with E-state index in [2.05, 4.69) is 0 Å². The summed E-state index contributed by atoms with van der Waals surface area (Å²) in [6.07, 6.45) is -2.80. The standard InChI is InChI=1S/C6H10O6/c1-2-6(3(7)8,4(9)10)5(11)12/h3,7-8H,2H2,1H3,(H,9,10)(H,11,12). The Balaban J connectivity index is 5.04. The molecule has 6 heteroatoms. The van der Waals surface area contributed by atoms with Gasteiger partial charge in [0.05, 0.1) is 0 Å². The summed E-state index contributed by atoms with van der Waals surface area (Å²) in [5.74, 6) is -3.51. The van der Waals surface area contributed by atoms with E-state index in [1.165, 1.54) is 6.92 Å². The van der Waals surface area contributed by atoms with Gasteiger partial charge in [0, 0.05) is 0 Å². The number of carbonyl (C=O) groups is 2. The van der Waals surface area contributed by atoms with Crippen molar-refractivity contribution in [2.45, 2.75) is 19.6 Å². The van der Waals surface area contributed by atoms with Gasteiger partial charge < -0.3 is 20.4 Å². The molecule has 0 heterocycles. The molecule has 0 aliphatic carbocycles. The zero-order chi connectivity index (χ0) is 9.94. The highest BCUT2D eigenvalue weighted by Gasteiger charge is 2.51. The molecular weight excluding hydrogens is 168 g/mol. The first kappa shape index (κ1) is 10.9. The second kappa shape index (κ2) is 3.51. The van der Waals surface area contributed by atoms with Gasteiger partial charge in [-0.15, -0.1) is 0 Å². The maximum Gasteiger partial charge on any atom is 0.326 e. The number of carboxylic acids is 2. The van der Waals surface area contributed by atoms with E-state index in [1.54, 1.807) is 0 Å². The molecule has 0 spiro atoms. The van der Waals surface area contributed by atoms with Crippen LogP contribution in [-0.4, -0.2) is 38.7 Å². The van der Waals surface area contributed by atoms with Gasteiger partial charge in [0.25, 0.3) is 0 Å². The Morgan fingerprint density at radius 1 is 1.25 bits per heavy atom. The summed E-state index contributed by atoms with van der Waals surface area (Å²) in [5, 5.41) is 34.1. The maximum atomic E-state index is 10.4. The van der Waals surface area contributed by atoms with E-state index in [1.807, 2.05) is 0 Å². The van der Waals surface area contributed by atoms with Crippen molar-refractivity contribution in [2.24, 2.45) is 5.41 Å². The van der Waals surface area contributed by atoms with Crippen molar-refractivity contribution < 1.29 is 30.0 Å². The third-order valence-corrected chi connectivity index (χ3v) is 1.76. The predicted octanol–water partition coefficient (Wildman–Crippen LogP) is -1.14. The molecule has 0 radical (unpaired) electrons. The summed E-state index contributed by atoms with van der Waals surface area (Å²) < 4.78 is 0. The highest BCUT2D eigenvalue weighted by Crippen LogP contribution is 2.26. The van der Waals surface area contributed by atoms with E-state index in [0.29, 0.717) is 0 Å². The molecule has 6 nitrogen and oxygen atoms in total. The molecule has 0 fully saturated rings. The molecule has 0 bridgehead atoms. The first-order valence-electron chi connectivity index (χ1n) is 3.22. The van der Waals surface area contributed by atoms with E-state index >= 15 is 0 Å². The lowest BCUT2D eigenvalue weighted by molar-refractivity contribution is -0.196. The second-order valence-corrected chi connectivity index (χ2v) is 2.31. The molecule has 0 aromatic rings. The van der Waals surface area contributed by atoms with Crippen LogP contribution in [0.4, 0.5) is 0 Å². The molecule has 0 saturated heterocycles. The van der Waals surface area contributed by atoms with Crippen LogP contribution in [0.1, 0.15) is 13.3 Å². The Labute approximate surface area is 68.1 Å². The number of aliphatic hydroxyl groups excluding tert-OH is 1. The first-order chi connectivity index (χ1) is 5.39. The first-order valence-corrected chi connectivity index (χ1v) is 3.22. The molecule has 0 rings (SSSR count). The second-order valence-electron chi connectivity index (χ2n) is 2.31. The Bertz CT molecular complexity index is 182. The minimum absolute atomic E-state index is 0.394. The molecule has 0 aromatic heterocycles. The fraction of sp³-hybridized carbons (Fsp3) is 0.667. The van der Waals surface area contributed by atoms with Crippen LogP contribution in [0.3, 0.4) is 0 Å². The van der Waals surface area contributed by atoms with E-state index < -0.39 is 30.1 Å². The van der Waals surface area contributed by atoms with Gasteiger partial charge >= 0.3 is 11.9 Å². The topological polar surface area (TPSA) is 115 Å². The van der Waals surface area contributed by atoms with Gasteiger partial charge in [0.15, 0.2) is 6.29 Å². The number of aliphatic hydroxyl groups is 2. The maximum absolute atomic E-state index is 10.4. The highest BCUT2D eigenvalue weighted by atomic mass is 16.5. The van der Waals surface area contributed by atoms with E-state index in [4.69, 9.17) is 20.4 Å². The van der Waals surface area contributed by atoms with Crippen molar-refractivity contribution in [3.05, 3.63) is 0 Å². The third-order valence-electron chi connectivity index (χ3n) is 1.76. The van der Waals surface area contributed by atoms with Crippen LogP contribution >= 0.6 is 0 Å². The lowest BCUT2D eigenvalue weighted by Gasteiger charge is -2.24. The van der Waals surface area contributed by atoms with E-state index in [0.717, 1.165) is 0 Å². The van der Waals surface area contributed by atoms with Gasteiger partial charge in [0.1, 0.15) is 0 Å². The Morgan fingerprint density at radius 3 is 1.58 bits per heavy atom. The summed E-state index contributed by atoms with van der Waals surface area (Å²) in [5.41, 5.74) is -2.51. The lowest BCUT2D eigenvalue weighted by Crippen LogP contribution is -2.48. The van der Waals surface area contributed by atoms with Gasteiger partial charge in [0.2, 0.25) is 5.41 Å². The SMILES string of the molecule is CCC(C(=O)O)(C(=O)O)C(O)O. The average molecular weight is 178 g/mol. The van der Waals surface area contributed by atoms with Crippen LogP contribution < -0.4 is 0 Å². The van der Waals surface area contributed by atoms with Gasteiger partial charge in [-0.25, -0.2) is 0 Å². The average Bonchev–Trinajstić information content (AvgIpc) is 1.86. The van der Waals surface area contributed by atoms with E-state index in [9.17, 15) is 9.59 Å². The summed E-state index contributed by atoms with van der Waals surface area (Å²) in [4.78, 5) is 20.9. The molecule has 0 aromatic carbocycles. The van der Waals surface area contributed by atoms with Gasteiger partial charge in [-0.2, -0.15) is 0 Å². The summed E-state index contributed by atoms with van der Waals surface area (Å²) in [6, 6.07) is 0. The molecule has 0 aliphatic rings. The summed E-state index contributed by atoms with van der Waals surface area (Å²) in [6.45, 7) is 1.25. The minimum Gasteiger partial charge on any atom is -0.480 e. The lowest BCUT2D eigenvalue weighted by atomic mass is 9.84. The normalized spacial score (nSPS) is 11.7. The largest absolute Gasteiger partial charge is 0.480 e. The van der Waals surface area contributed by atoms with Gasteiger partial charge in [-0.3, -0.25) is 9.59 Å². The van der Waals surface area contributed by atoms with E-state index in [-0.39, 0.29) is 0 Å². The van der Waals surface area contributed by atoms with Crippen LogP contribution in [0.2, 0.25) is 0 Å². The van der Waals surface area contributed by atoms with Crippen LogP contribution in [0, 0.1) is 5.41 Å². The predicted molar refractivity (Wildman–Crippen MR) is 36.2 cm³/mol. The Kier molecular flexibility index (Phi) is 3.17. The molecule has 12 heavy (non-hydrogen) atoms. The Morgan fingerprint density at radius 2 is 1.58 bits per heavy atom. The fourth-order valence-corrected chi connectivity index (χ4v) is 0.797. The van der Waals surface area contributed by atoms with Crippen molar-refractivity contribution in [1.29, 1.82) is 0 Å². The smallest absolute Gasteiger partial charge is 0.326 e. The zero-order valence-electron chi connectivity index (χ0n) is 6.39. The number of carboxylic acid groups (broad SMARTS) is 2. The van der Waals surface area contributed by atoms with Crippen LogP contribution in [0.5, 0.6) is 0 Å². The van der Waals surface area contributed by atoms with Crippen molar-refractivity contribution >= 4 is 11.9 Å². The number of hydrogen-bond acceptors (Lipinski definition) is 4. The third kappa shape index (κ3) is 1.39. The molecule has 70 valence electrons. The molecule has 0 atom stereocenters. The van der Waals surface area contributed by atoms with Crippen LogP contribution in [-0.2, 0) is 9.59 Å². The molecule has 0 aliphatic heterocycles. The van der Waals surface area contributed by atoms with Crippen molar-refractivity contribution in [3.63, 3.8) is 0 Å². The fourth-order valence-electron chi connectivity index (χ4n) is 0.797. The van der Waals surface area contributed by atoms with Crippen molar-refractivity contribution in [1.82, 2.24) is 0 Å². The van der Waals surface area contributed by atoms with Crippen molar-refractivity contribution in [3.8, 4) is 0 Å². The van der Waals surface area contributed by atoms with Crippen LogP contribution in [0.25, 0.3) is 0 Å². The van der Waals surface area contributed by atoms with Crippen LogP contribution in [0.15, 0.2) is 0 Å². The minimum atomic E-state index is -2.51. The number of hydrogen-bond donors (Lipinski definition) is 4. The quantitative estimate of drug-likeness (QED) is 0.319. The zero-order valence-corrected chi connectivity index (χ0v) is 6.39. The molecule has 0 amide bonds. The molecule has 4 N–H and O–H groups in total. The number of rotatable bonds is 4. The highest BCUT2D eigenvalue weighted by molar-refractivity contribution is 5.98. The molecule has 0 unspecified atom stereocenters.